The molecule has 0 saturated carbocycles. The van der Waals surface area contributed by atoms with Crippen LogP contribution in [0.25, 0.3) is 50.7 Å². The van der Waals surface area contributed by atoms with Gasteiger partial charge in [-0.2, -0.15) is 0 Å². The van der Waals surface area contributed by atoms with Crippen LogP contribution in [-0.2, 0) is 0 Å². The molecule has 7 aromatic rings. The highest BCUT2D eigenvalue weighted by Gasteiger charge is 2.12. The van der Waals surface area contributed by atoms with Gasteiger partial charge in [-0.15, -0.1) is 0 Å². The van der Waals surface area contributed by atoms with Crippen LogP contribution < -0.4 is 4.90 Å². The zero-order valence-electron chi connectivity index (χ0n) is 24.7. The van der Waals surface area contributed by atoms with E-state index in [0.717, 1.165) is 28.2 Å². The average Bonchev–Trinajstić information content (AvgIpc) is 3.11. The number of para-hydroxylation sites is 2. The first-order chi connectivity index (χ1) is 22.3. The van der Waals surface area contributed by atoms with Crippen LogP contribution in [0.5, 0.6) is 0 Å². The predicted molar refractivity (Wildman–Crippen MR) is 193 cm³/mol. The fourth-order valence-electron chi connectivity index (χ4n) is 5.91. The molecule has 2 nitrogen and oxygen atoms in total. The third kappa shape index (κ3) is 5.76. The van der Waals surface area contributed by atoms with E-state index in [1.54, 1.807) is 0 Å². The monoisotopic (exact) mass is 574 g/mol. The Morgan fingerprint density at radius 2 is 0.733 bits per heavy atom. The molecule has 0 atom stereocenters. The number of benzene rings is 7. The van der Waals surface area contributed by atoms with E-state index in [4.69, 9.17) is 6.57 Å². The lowest BCUT2D eigenvalue weighted by atomic mass is 9.91. The molecule has 0 fully saturated rings. The van der Waals surface area contributed by atoms with Crippen LogP contribution in [0.2, 0.25) is 0 Å². The highest BCUT2D eigenvalue weighted by Crippen LogP contribution is 2.37. The smallest absolute Gasteiger partial charge is 0.187 e. The number of hydrogen-bond acceptors (Lipinski definition) is 1. The van der Waals surface area contributed by atoms with Crippen LogP contribution in [0.3, 0.4) is 0 Å². The molecule has 0 aromatic heterocycles. The summed E-state index contributed by atoms with van der Waals surface area (Å²) in [7, 11) is 0. The minimum absolute atomic E-state index is 0.651. The third-order valence-electron chi connectivity index (χ3n) is 8.10. The van der Waals surface area contributed by atoms with Gasteiger partial charge in [-0.05, 0) is 80.2 Å². The Bertz CT molecular complexity index is 2090. The molecule has 7 rings (SSSR count). The maximum Gasteiger partial charge on any atom is 0.187 e. The van der Waals surface area contributed by atoms with Crippen molar-refractivity contribution in [2.75, 3.05) is 4.90 Å². The summed E-state index contributed by atoms with van der Waals surface area (Å²) < 4.78 is 0. The Kier molecular flexibility index (Phi) is 7.74. The molecule has 0 N–H and O–H groups in total. The van der Waals surface area contributed by atoms with E-state index in [9.17, 15) is 0 Å². The molecule has 7 aromatic carbocycles. The second-order valence-electron chi connectivity index (χ2n) is 10.9. The molecule has 0 aliphatic carbocycles. The number of anilines is 3. The van der Waals surface area contributed by atoms with Gasteiger partial charge in [0.25, 0.3) is 0 Å². The first kappa shape index (κ1) is 27.7. The fourth-order valence-corrected chi connectivity index (χ4v) is 5.91. The van der Waals surface area contributed by atoms with Crippen LogP contribution in [-0.4, -0.2) is 0 Å². The second-order valence-corrected chi connectivity index (χ2v) is 10.9. The van der Waals surface area contributed by atoms with Crippen molar-refractivity contribution in [1.29, 1.82) is 0 Å². The number of nitrogens with zero attached hydrogens (tertiary/aromatic N) is 2. The summed E-state index contributed by atoms with van der Waals surface area (Å²) in [5.74, 6) is 0. The van der Waals surface area contributed by atoms with E-state index in [2.05, 4.69) is 155 Å². The van der Waals surface area contributed by atoms with Crippen molar-refractivity contribution >= 4 is 68.6 Å². The lowest BCUT2D eigenvalue weighted by Gasteiger charge is -2.25. The first-order valence-electron chi connectivity index (χ1n) is 15.1. The Morgan fingerprint density at radius 1 is 0.378 bits per heavy atom. The minimum Gasteiger partial charge on any atom is -0.311 e. The third-order valence-corrected chi connectivity index (χ3v) is 8.10. The maximum atomic E-state index is 7.23. The fraction of sp³-hybridized carbons (Fsp3) is 0. The van der Waals surface area contributed by atoms with Crippen LogP contribution in [0.15, 0.2) is 158 Å². The quantitative estimate of drug-likeness (QED) is 0.104. The van der Waals surface area contributed by atoms with Gasteiger partial charge in [-0.25, -0.2) is 4.85 Å². The topological polar surface area (TPSA) is 7.60 Å². The molecule has 0 unspecified atom stereocenters. The van der Waals surface area contributed by atoms with E-state index in [0.29, 0.717) is 5.69 Å². The summed E-state index contributed by atoms with van der Waals surface area (Å²) in [4.78, 5) is 5.79. The van der Waals surface area contributed by atoms with Gasteiger partial charge in [0, 0.05) is 17.1 Å². The number of fused-ring (bicyclic) bond motifs is 2. The largest absolute Gasteiger partial charge is 0.311 e. The van der Waals surface area contributed by atoms with Crippen LogP contribution >= 0.6 is 0 Å². The van der Waals surface area contributed by atoms with E-state index in [1.165, 1.54) is 32.7 Å². The summed E-state index contributed by atoms with van der Waals surface area (Å²) in [6, 6.07) is 54.7. The van der Waals surface area contributed by atoms with Gasteiger partial charge in [-0.1, -0.05) is 146 Å². The summed E-state index contributed by atoms with van der Waals surface area (Å²) >= 11 is 0. The van der Waals surface area contributed by atoms with Crippen molar-refractivity contribution in [2.45, 2.75) is 0 Å². The highest BCUT2D eigenvalue weighted by molar-refractivity contribution is 6.14. The van der Waals surface area contributed by atoms with Crippen molar-refractivity contribution in [1.82, 2.24) is 0 Å². The Balaban J connectivity index is 1.26. The molecular formula is C43H30N2. The molecule has 0 saturated heterocycles. The second kappa shape index (κ2) is 12.6. The normalized spacial score (nSPS) is 11.4. The molecule has 0 spiro atoms. The van der Waals surface area contributed by atoms with Crippen molar-refractivity contribution < 1.29 is 0 Å². The summed E-state index contributed by atoms with van der Waals surface area (Å²) in [5.41, 5.74) is 8.62. The SMILES string of the molecule is [C-]#[N+]c1ccc(C=Cc2c3ccccc3c(C=Cc3ccc(N(c4ccccc4)c4ccccc4)cc3)c3ccccc23)cc1. The average molecular weight is 575 g/mol. The Morgan fingerprint density at radius 3 is 1.13 bits per heavy atom. The Hall–Kier alpha value is -6.17. The lowest BCUT2D eigenvalue weighted by Crippen LogP contribution is -2.09. The van der Waals surface area contributed by atoms with E-state index >= 15 is 0 Å². The molecule has 0 radical (unpaired) electrons. The Labute approximate surface area is 264 Å². The van der Waals surface area contributed by atoms with Crippen molar-refractivity contribution in [3.05, 3.63) is 191 Å². The van der Waals surface area contributed by atoms with E-state index < -0.39 is 0 Å². The molecule has 2 heteroatoms. The zero-order chi connectivity index (χ0) is 30.4. The van der Waals surface area contributed by atoms with Gasteiger partial charge in [0.05, 0.1) is 6.57 Å². The molecule has 0 aliphatic heterocycles. The van der Waals surface area contributed by atoms with Gasteiger partial charge in [0.1, 0.15) is 0 Å². The first-order valence-corrected chi connectivity index (χ1v) is 15.1. The minimum atomic E-state index is 0.651. The molecular weight excluding hydrogens is 544 g/mol. The summed E-state index contributed by atoms with van der Waals surface area (Å²) in [5, 5.41) is 4.85. The van der Waals surface area contributed by atoms with Crippen molar-refractivity contribution in [3.63, 3.8) is 0 Å². The molecule has 0 aliphatic rings. The van der Waals surface area contributed by atoms with Crippen LogP contribution in [0.4, 0.5) is 22.7 Å². The van der Waals surface area contributed by atoms with Crippen LogP contribution in [0, 0.1) is 6.57 Å². The van der Waals surface area contributed by atoms with E-state index in [-0.39, 0.29) is 0 Å². The molecule has 45 heavy (non-hydrogen) atoms. The highest BCUT2D eigenvalue weighted by atomic mass is 15.1. The maximum absolute atomic E-state index is 7.23. The molecule has 0 heterocycles. The number of rotatable bonds is 7. The van der Waals surface area contributed by atoms with Crippen molar-refractivity contribution in [3.8, 4) is 0 Å². The summed E-state index contributed by atoms with van der Waals surface area (Å²) in [6.45, 7) is 7.23. The van der Waals surface area contributed by atoms with Crippen LogP contribution in [0.1, 0.15) is 22.3 Å². The van der Waals surface area contributed by atoms with Gasteiger partial charge >= 0.3 is 0 Å². The predicted octanol–water partition coefficient (Wildman–Crippen LogP) is 12.4. The van der Waals surface area contributed by atoms with Gasteiger partial charge in [0.2, 0.25) is 0 Å². The van der Waals surface area contributed by atoms with Gasteiger partial charge < -0.3 is 4.90 Å². The van der Waals surface area contributed by atoms with Gasteiger partial charge in [0.15, 0.2) is 5.69 Å². The number of hydrogen-bond donors (Lipinski definition) is 0. The zero-order valence-corrected chi connectivity index (χ0v) is 24.7. The molecule has 212 valence electrons. The summed E-state index contributed by atoms with van der Waals surface area (Å²) in [6.07, 6.45) is 8.80. The molecule has 0 bridgehead atoms. The van der Waals surface area contributed by atoms with E-state index in [1.807, 2.05) is 36.4 Å². The lowest BCUT2D eigenvalue weighted by molar-refractivity contribution is 1.28. The standard InChI is InChI=1S/C43H30N2/c1-44-34-26-20-32(21-27-34)24-30-42-38-16-8-10-18-40(38)43(41-19-11-9-17-39(41)42)31-25-33-22-28-37(29-23-33)45(35-12-4-2-5-13-35)36-14-6-3-7-15-36/h2-31H. The van der Waals surface area contributed by atoms with Gasteiger partial charge in [-0.3, -0.25) is 0 Å². The molecule has 0 amide bonds. The van der Waals surface area contributed by atoms with Crippen molar-refractivity contribution in [2.24, 2.45) is 0 Å².